The molecule has 0 amide bonds. The quantitative estimate of drug-likeness (QED) is 0.719. The number of piperidine rings is 1. The van der Waals surface area contributed by atoms with Crippen LogP contribution in [0.25, 0.3) is 10.6 Å². The first-order chi connectivity index (χ1) is 13.7. The summed E-state index contributed by atoms with van der Waals surface area (Å²) in [5.41, 5.74) is -0.441. The number of alkyl halides is 3. The Balaban J connectivity index is 1.66. The fourth-order valence-electron chi connectivity index (χ4n) is 3.82. The van der Waals surface area contributed by atoms with Crippen molar-refractivity contribution in [1.29, 1.82) is 0 Å². The molecule has 5 nitrogen and oxygen atoms in total. The van der Waals surface area contributed by atoms with Crippen molar-refractivity contribution < 1.29 is 28.2 Å². The van der Waals surface area contributed by atoms with E-state index >= 15 is 0 Å². The number of rotatable bonds is 6. The van der Waals surface area contributed by atoms with Gasteiger partial charge in [0, 0.05) is 24.0 Å². The number of carboxylic acids is 1. The Kier molecular flexibility index (Phi) is 6.30. The minimum atomic E-state index is -4.37. The van der Waals surface area contributed by atoms with Gasteiger partial charge in [0.2, 0.25) is 0 Å². The summed E-state index contributed by atoms with van der Waals surface area (Å²) in [4.78, 5) is 18.2. The molecule has 2 atom stereocenters. The van der Waals surface area contributed by atoms with Crippen molar-refractivity contribution in [2.45, 2.75) is 45.0 Å². The topological polar surface area (TPSA) is 73.7 Å². The lowest BCUT2D eigenvalue weighted by Crippen LogP contribution is -2.54. The molecule has 1 aliphatic heterocycles. The maximum Gasteiger partial charge on any atom is 0.416 e. The highest BCUT2D eigenvalue weighted by Gasteiger charge is 2.47. The number of carbonyl (C=O) groups is 1. The molecule has 0 aliphatic carbocycles. The molecule has 2 N–H and O–H groups in total. The number of halogens is 3. The van der Waals surface area contributed by atoms with Gasteiger partial charge in [-0.25, -0.2) is 4.98 Å². The van der Waals surface area contributed by atoms with E-state index < -0.39 is 29.2 Å². The summed E-state index contributed by atoms with van der Waals surface area (Å²) < 4.78 is 38.1. The Labute approximate surface area is 170 Å². The second-order valence-corrected chi connectivity index (χ2v) is 8.29. The van der Waals surface area contributed by atoms with Crippen LogP contribution in [0.1, 0.15) is 37.4 Å². The normalized spacial score (nSPS) is 23.3. The van der Waals surface area contributed by atoms with Crippen molar-refractivity contribution in [2.24, 2.45) is 5.41 Å². The van der Waals surface area contributed by atoms with Crippen molar-refractivity contribution in [3.05, 3.63) is 40.9 Å². The van der Waals surface area contributed by atoms with Gasteiger partial charge in [0.15, 0.2) is 0 Å². The van der Waals surface area contributed by atoms with E-state index in [4.69, 9.17) is 0 Å². The average Bonchev–Trinajstić information content (AvgIpc) is 3.12. The zero-order valence-corrected chi connectivity index (χ0v) is 16.8. The molecule has 2 aromatic rings. The molecule has 0 unspecified atom stereocenters. The number of aliphatic carboxylic acids is 1. The Hall–Kier alpha value is -1.97. The lowest BCUT2D eigenvalue weighted by molar-refractivity contribution is -0.164. The summed E-state index contributed by atoms with van der Waals surface area (Å²) in [6.07, 6.45) is -3.84. The largest absolute Gasteiger partial charge is 0.481 e. The van der Waals surface area contributed by atoms with Gasteiger partial charge in [-0.05, 0) is 31.5 Å². The van der Waals surface area contributed by atoms with E-state index in [-0.39, 0.29) is 6.54 Å². The monoisotopic (exact) mass is 428 g/mol. The van der Waals surface area contributed by atoms with Crippen molar-refractivity contribution in [3.8, 4) is 10.6 Å². The van der Waals surface area contributed by atoms with Crippen molar-refractivity contribution in [3.63, 3.8) is 0 Å². The summed E-state index contributed by atoms with van der Waals surface area (Å²) in [6, 6.07) is 4.89. The highest BCUT2D eigenvalue weighted by Crippen LogP contribution is 2.37. The van der Waals surface area contributed by atoms with Gasteiger partial charge in [-0.1, -0.05) is 25.5 Å². The Bertz CT molecular complexity index is 853. The number of likely N-dealkylation sites (tertiary alicyclic amines) is 1. The molecule has 3 rings (SSSR count). The summed E-state index contributed by atoms with van der Waals surface area (Å²) in [5, 5.41) is 22.6. The smallest absolute Gasteiger partial charge is 0.416 e. The predicted molar refractivity (Wildman–Crippen MR) is 103 cm³/mol. The maximum atomic E-state index is 12.7. The highest BCUT2D eigenvalue weighted by molar-refractivity contribution is 7.13. The number of hydrogen-bond donors (Lipinski definition) is 2. The van der Waals surface area contributed by atoms with Crippen LogP contribution in [0, 0.1) is 5.41 Å². The van der Waals surface area contributed by atoms with Gasteiger partial charge in [-0.15, -0.1) is 11.3 Å². The molecule has 0 saturated carbocycles. The van der Waals surface area contributed by atoms with Crippen LogP contribution in [0.4, 0.5) is 13.2 Å². The number of β-amino-alcohol motifs (C(OH)–C–C–N with tert-alkyl or cyclic N) is 1. The van der Waals surface area contributed by atoms with Crippen LogP contribution in [-0.2, 0) is 17.5 Å². The summed E-state index contributed by atoms with van der Waals surface area (Å²) >= 11 is 1.34. The van der Waals surface area contributed by atoms with Gasteiger partial charge in [-0.2, -0.15) is 13.2 Å². The van der Waals surface area contributed by atoms with Crippen molar-refractivity contribution in [1.82, 2.24) is 9.88 Å². The van der Waals surface area contributed by atoms with E-state index in [1.54, 1.807) is 0 Å². The molecular formula is C20H23F3N2O3S. The standard InChI is InChI=1S/C20H23F3N2O3S/c1-2-7-19(18(27)28)8-9-25(11-16(19)26)10-15-12-29-17(24-15)13-3-5-14(6-4-13)20(21,22)23/h3-6,12,16,26H,2,7-11H2,1H3,(H,27,28)/t16-,19-/m0/s1. The van der Waals surface area contributed by atoms with Crippen molar-refractivity contribution in [2.75, 3.05) is 13.1 Å². The van der Waals surface area contributed by atoms with E-state index in [0.29, 0.717) is 42.9 Å². The number of aromatic nitrogens is 1. The number of aliphatic hydroxyl groups excluding tert-OH is 1. The third-order valence-electron chi connectivity index (χ3n) is 5.46. The van der Waals surface area contributed by atoms with E-state index in [1.165, 1.54) is 23.5 Å². The van der Waals surface area contributed by atoms with Crippen LogP contribution in [0.5, 0.6) is 0 Å². The summed E-state index contributed by atoms with van der Waals surface area (Å²) in [7, 11) is 0. The van der Waals surface area contributed by atoms with Crippen LogP contribution in [0.3, 0.4) is 0 Å². The molecule has 158 valence electrons. The van der Waals surface area contributed by atoms with Crippen LogP contribution in [-0.4, -0.2) is 45.3 Å². The van der Waals surface area contributed by atoms with E-state index in [2.05, 4.69) is 4.98 Å². The lowest BCUT2D eigenvalue weighted by Gasteiger charge is -2.42. The highest BCUT2D eigenvalue weighted by atomic mass is 32.1. The first-order valence-electron chi connectivity index (χ1n) is 9.41. The Morgan fingerprint density at radius 3 is 2.59 bits per heavy atom. The molecule has 1 aliphatic rings. The van der Waals surface area contributed by atoms with E-state index in [1.807, 2.05) is 17.2 Å². The zero-order valence-electron chi connectivity index (χ0n) is 15.9. The molecule has 2 heterocycles. The number of aliphatic hydroxyl groups is 1. The second kappa shape index (κ2) is 8.41. The summed E-state index contributed by atoms with van der Waals surface area (Å²) in [6.45, 7) is 3.15. The zero-order chi connectivity index (χ0) is 21.2. The van der Waals surface area contributed by atoms with E-state index in [9.17, 15) is 28.2 Å². The van der Waals surface area contributed by atoms with Gasteiger partial charge in [-0.3, -0.25) is 9.69 Å². The first kappa shape index (κ1) is 21.7. The van der Waals surface area contributed by atoms with E-state index in [0.717, 1.165) is 17.8 Å². The number of carboxylic acid groups (broad SMARTS) is 1. The van der Waals surface area contributed by atoms with Crippen LogP contribution in [0.15, 0.2) is 29.6 Å². The minimum absolute atomic E-state index is 0.249. The van der Waals surface area contributed by atoms with Gasteiger partial charge < -0.3 is 10.2 Å². The van der Waals surface area contributed by atoms with Crippen LogP contribution >= 0.6 is 11.3 Å². The second-order valence-electron chi connectivity index (χ2n) is 7.43. The lowest BCUT2D eigenvalue weighted by atomic mass is 9.73. The average molecular weight is 428 g/mol. The molecule has 1 aromatic carbocycles. The van der Waals surface area contributed by atoms with Gasteiger partial charge in [0.25, 0.3) is 0 Å². The van der Waals surface area contributed by atoms with Gasteiger partial charge in [0.1, 0.15) is 5.01 Å². The van der Waals surface area contributed by atoms with Crippen molar-refractivity contribution >= 4 is 17.3 Å². The number of thiazole rings is 1. The minimum Gasteiger partial charge on any atom is -0.481 e. The van der Waals surface area contributed by atoms with Crippen LogP contribution in [0.2, 0.25) is 0 Å². The maximum absolute atomic E-state index is 12.7. The molecule has 0 radical (unpaired) electrons. The molecule has 0 bridgehead atoms. The van der Waals surface area contributed by atoms with Crippen LogP contribution < -0.4 is 0 Å². The van der Waals surface area contributed by atoms with Gasteiger partial charge >= 0.3 is 12.1 Å². The molecule has 1 fully saturated rings. The third-order valence-corrected chi connectivity index (χ3v) is 6.40. The molecule has 0 spiro atoms. The van der Waals surface area contributed by atoms with Gasteiger partial charge in [0.05, 0.1) is 22.8 Å². The third kappa shape index (κ3) is 4.62. The molecule has 1 aromatic heterocycles. The first-order valence-corrected chi connectivity index (χ1v) is 10.3. The summed E-state index contributed by atoms with van der Waals surface area (Å²) in [5.74, 6) is -0.954. The fourth-order valence-corrected chi connectivity index (χ4v) is 4.63. The number of hydrogen-bond acceptors (Lipinski definition) is 5. The molecule has 29 heavy (non-hydrogen) atoms. The Morgan fingerprint density at radius 2 is 2.03 bits per heavy atom. The predicted octanol–water partition coefficient (Wildman–Crippen LogP) is 4.27. The number of benzene rings is 1. The fraction of sp³-hybridized carbons (Fsp3) is 0.500. The SMILES string of the molecule is CCC[C@]1(C(=O)O)CCN(Cc2csc(-c3ccc(C(F)(F)F)cc3)n2)C[C@@H]1O. The Morgan fingerprint density at radius 1 is 1.34 bits per heavy atom. The molecule has 9 heteroatoms. The number of nitrogens with zero attached hydrogens (tertiary/aromatic N) is 2. The molecule has 1 saturated heterocycles. The molecular weight excluding hydrogens is 405 g/mol.